The minimum Gasteiger partial charge on any atom is -0.392 e. The van der Waals surface area contributed by atoms with Crippen LogP contribution < -0.4 is 4.90 Å². The SMILES string of the molecule is CC(C)c1nccc(N(C)C)c1CO. The molecule has 1 aromatic heterocycles. The Hall–Kier alpha value is -1.09. The summed E-state index contributed by atoms with van der Waals surface area (Å²) in [4.78, 5) is 6.30. The second-order valence-corrected chi connectivity index (χ2v) is 3.90. The van der Waals surface area contributed by atoms with Gasteiger partial charge in [0, 0.05) is 31.5 Å². The smallest absolute Gasteiger partial charge is 0.0720 e. The number of aliphatic hydroxyl groups excluding tert-OH is 1. The zero-order valence-corrected chi connectivity index (χ0v) is 9.28. The maximum atomic E-state index is 9.33. The van der Waals surface area contributed by atoms with Gasteiger partial charge in [-0.25, -0.2) is 0 Å². The highest BCUT2D eigenvalue weighted by Gasteiger charge is 2.12. The fourth-order valence-electron chi connectivity index (χ4n) is 1.58. The molecule has 0 spiro atoms. The molecule has 0 aliphatic carbocycles. The van der Waals surface area contributed by atoms with Crippen molar-refractivity contribution in [1.82, 2.24) is 4.98 Å². The quantitative estimate of drug-likeness (QED) is 0.796. The third-order valence-electron chi connectivity index (χ3n) is 2.25. The number of anilines is 1. The molecule has 1 rings (SSSR count). The summed E-state index contributed by atoms with van der Waals surface area (Å²) < 4.78 is 0. The summed E-state index contributed by atoms with van der Waals surface area (Å²) >= 11 is 0. The highest BCUT2D eigenvalue weighted by Crippen LogP contribution is 2.25. The van der Waals surface area contributed by atoms with Crippen molar-refractivity contribution in [2.75, 3.05) is 19.0 Å². The summed E-state index contributed by atoms with van der Waals surface area (Å²) in [6.07, 6.45) is 1.80. The average Bonchev–Trinajstić information content (AvgIpc) is 2.16. The fraction of sp³-hybridized carbons (Fsp3) is 0.545. The largest absolute Gasteiger partial charge is 0.392 e. The summed E-state index contributed by atoms with van der Waals surface area (Å²) in [5.74, 6) is 0.344. The van der Waals surface area contributed by atoms with Gasteiger partial charge >= 0.3 is 0 Å². The van der Waals surface area contributed by atoms with Gasteiger partial charge in [-0.15, -0.1) is 0 Å². The molecule has 78 valence electrons. The van der Waals surface area contributed by atoms with E-state index in [-0.39, 0.29) is 6.61 Å². The van der Waals surface area contributed by atoms with E-state index in [1.165, 1.54) is 0 Å². The standard InChI is InChI=1S/C11H18N2O/c1-8(2)11-9(7-14)10(13(3)4)5-6-12-11/h5-6,8,14H,7H2,1-4H3. The molecule has 3 heteroatoms. The lowest BCUT2D eigenvalue weighted by Crippen LogP contribution is -2.14. The highest BCUT2D eigenvalue weighted by molar-refractivity contribution is 5.53. The number of rotatable bonds is 3. The first-order chi connectivity index (χ1) is 6.57. The number of aliphatic hydroxyl groups is 1. The molecule has 0 amide bonds. The van der Waals surface area contributed by atoms with E-state index < -0.39 is 0 Å². The van der Waals surface area contributed by atoms with Gasteiger partial charge in [0.15, 0.2) is 0 Å². The van der Waals surface area contributed by atoms with Crippen LogP contribution in [-0.4, -0.2) is 24.2 Å². The molecule has 1 heterocycles. The van der Waals surface area contributed by atoms with E-state index in [1.807, 2.05) is 25.1 Å². The number of pyridine rings is 1. The second kappa shape index (κ2) is 4.42. The van der Waals surface area contributed by atoms with E-state index in [9.17, 15) is 5.11 Å². The van der Waals surface area contributed by atoms with Crippen molar-refractivity contribution in [3.05, 3.63) is 23.5 Å². The summed E-state index contributed by atoms with van der Waals surface area (Å²) in [6.45, 7) is 4.22. The van der Waals surface area contributed by atoms with E-state index in [0.29, 0.717) is 5.92 Å². The number of hydrogen-bond donors (Lipinski definition) is 1. The lowest BCUT2D eigenvalue weighted by molar-refractivity contribution is 0.280. The van der Waals surface area contributed by atoms with Crippen LogP contribution in [0.5, 0.6) is 0 Å². The van der Waals surface area contributed by atoms with Crippen LogP contribution in [0.25, 0.3) is 0 Å². The summed E-state index contributed by atoms with van der Waals surface area (Å²) in [5, 5.41) is 9.33. The maximum absolute atomic E-state index is 9.33. The van der Waals surface area contributed by atoms with Gasteiger partial charge in [0.25, 0.3) is 0 Å². The molecule has 0 radical (unpaired) electrons. The fourth-order valence-corrected chi connectivity index (χ4v) is 1.58. The van der Waals surface area contributed by atoms with Crippen LogP contribution in [-0.2, 0) is 6.61 Å². The van der Waals surface area contributed by atoms with E-state index in [4.69, 9.17) is 0 Å². The van der Waals surface area contributed by atoms with E-state index in [0.717, 1.165) is 16.9 Å². The molecular weight excluding hydrogens is 176 g/mol. The van der Waals surface area contributed by atoms with Gasteiger partial charge in [-0.2, -0.15) is 0 Å². The van der Waals surface area contributed by atoms with Crippen LogP contribution in [0.1, 0.15) is 31.0 Å². The summed E-state index contributed by atoms with van der Waals surface area (Å²) in [6, 6.07) is 1.93. The zero-order valence-electron chi connectivity index (χ0n) is 9.28. The third kappa shape index (κ3) is 2.04. The summed E-state index contributed by atoms with van der Waals surface area (Å²) in [7, 11) is 3.94. The predicted octanol–water partition coefficient (Wildman–Crippen LogP) is 1.76. The summed E-state index contributed by atoms with van der Waals surface area (Å²) in [5.41, 5.74) is 2.97. The normalized spacial score (nSPS) is 10.7. The van der Waals surface area contributed by atoms with Crippen LogP contribution in [0.3, 0.4) is 0 Å². The van der Waals surface area contributed by atoms with Crippen LogP contribution in [0.2, 0.25) is 0 Å². The monoisotopic (exact) mass is 194 g/mol. The third-order valence-corrected chi connectivity index (χ3v) is 2.25. The zero-order chi connectivity index (χ0) is 10.7. The van der Waals surface area contributed by atoms with Crippen LogP contribution in [0, 0.1) is 0 Å². The first-order valence-electron chi connectivity index (χ1n) is 4.84. The molecule has 0 fully saturated rings. The second-order valence-electron chi connectivity index (χ2n) is 3.90. The number of nitrogens with zero attached hydrogens (tertiary/aromatic N) is 2. The molecule has 14 heavy (non-hydrogen) atoms. The highest BCUT2D eigenvalue weighted by atomic mass is 16.3. The van der Waals surface area contributed by atoms with Gasteiger partial charge in [-0.05, 0) is 12.0 Å². The Morgan fingerprint density at radius 1 is 1.43 bits per heavy atom. The molecule has 1 aromatic rings. The molecule has 0 aliphatic rings. The van der Waals surface area contributed by atoms with Crippen molar-refractivity contribution in [1.29, 1.82) is 0 Å². The Morgan fingerprint density at radius 2 is 2.07 bits per heavy atom. The average molecular weight is 194 g/mol. The molecule has 1 N–H and O–H groups in total. The lowest BCUT2D eigenvalue weighted by atomic mass is 10.0. The van der Waals surface area contributed by atoms with Crippen LogP contribution >= 0.6 is 0 Å². The molecule has 0 unspecified atom stereocenters. The molecule has 0 aromatic carbocycles. The molecule has 0 aliphatic heterocycles. The lowest BCUT2D eigenvalue weighted by Gasteiger charge is -2.19. The van der Waals surface area contributed by atoms with E-state index >= 15 is 0 Å². The predicted molar refractivity (Wildman–Crippen MR) is 58.6 cm³/mol. The minimum atomic E-state index is 0.0505. The topological polar surface area (TPSA) is 36.4 Å². The van der Waals surface area contributed by atoms with Gasteiger partial charge in [0.05, 0.1) is 12.3 Å². The Labute approximate surface area is 85.4 Å². The van der Waals surface area contributed by atoms with Gasteiger partial charge in [-0.1, -0.05) is 13.8 Å². The number of hydrogen-bond acceptors (Lipinski definition) is 3. The van der Waals surface area contributed by atoms with Crippen LogP contribution in [0.4, 0.5) is 5.69 Å². The van der Waals surface area contributed by atoms with Crippen molar-refractivity contribution in [3.63, 3.8) is 0 Å². The minimum absolute atomic E-state index is 0.0505. The number of aromatic nitrogens is 1. The Bertz CT molecular complexity index is 282. The van der Waals surface area contributed by atoms with E-state index in [1.54, 1.807) is 6.20 Å². The maximum Gasteiger partial charge on any atom is 0.0720 e. The Morgan fingerprint density at radius 3 is 2.50 bits per heavy atom. The van der Waals surface area contributed by atoms with Crippen molar-refractivity contribution in [3.8, 4) is 0 Å². The van der Waals surface area contributed by atoms with Gasteiger partial charge in [-0.3, -0.25) is 4.98 Å². The first-order valence-corrected chi connectivity index (χ1v) is 4.84. The van der Waals surface area contributed by atoms with Crippen LogP contribution in [0.15, 0.2) is 12.3 Å². The Kier molecular flexibility index (Phi) is 3.47. The van der Waals surface area contributed by atoms with Crippen molar-refractivity contribution in [2.24, 2.45) is 0 Å². The van der Waals surface area contributed by atoms with Crippen molar-refractivity contribution < 1.29 is 5.11 Å². The molecule has 3 nitrogen and oxygen atoms in total. The van der Waals surface area contributed by atoms with Gasteiger partial charge in [0.2, 0.25) is 0 Å². The molecular formula is C11H18N2O. The van der Waals surface area contributed by atoms with E-state index in [2.05, 4.69) is 18.8 Å². The molecule has 0 atom stereocenters. The molecule has 0 saturated carbocycles. The Balaban J connectivity index is 3.25. The van der Waals surface area contributed by atoms with Gasteiger partial charge in [0.1, 0.15) is 0 Å². The first kappa shape index (κ1) is 11.0. The van der Waals surface area contributed by atoms with Gasteiger partial charge < -0.3 is 10.0 Å². The van der Waals surface area contributed by atoms with Crippen molar-refractivity contribution >= 4 is 5.69 Å². The molecule has 0 saturated heterocycles. The van der Waals surface area contributed by atoms with Crippen molar-refractivity contribution in [2.45, 2.75) is 26.4 Å². The molecule has 0 bridgehead atoms.